The van der Waals surface area contributed by atoms with Gasteiger partial charge in [0.1, 0.15) is 12.4 Å². The van der Waals surface area contributed by atoms with Crippen LogP contribution in [0.2, 0.25) is 0 Å². The molecule has 0 radical (unpaired) electrons. The molecule has 1 amide bonds. The van der Waals surface area contributed by atoms with Gasteiger partial charge in [-0.05, 0) is 37.7 Å². The Morgan fingerprint density at radius 3 is 2.83 bits per heavy atom. The first-order chi connectivity index (χ1) is 11.6. The largest absolute Gasteiger partial charge is 0.310 e. The highest BCUT2D eigenvalue weighted by Crippen LogP contribution is 2.19. The van der Waals surface area contributed by atoms with E-state index in [9.17, 15) is 4.79 Å². The number of fused-ring (bicyclic) bond motifs is 1. The van der Waals surface area contributed by atoms with Crippen molar-refractivity contribution in [1.82, 2.24) is 24.3 Å². The van der Waals surface area contributed by atoms with Gasteiger partial charge in [-0.15, -0.1) is 0 Å². The summed E-state index contributed by atoms with van der Waals surface area (Å²) >= 11 is 5.22. The normalized spacial score (nSPS) is 11.1. The number of imidazole rings is 1. The zero-order valence-corrected chi connectivity index (χ0v) is 14.6. The molecule has 0 saturated carbocycles. The van der Waals surface area contributed by atoms with Crippen molar-refractivity contribution >= 4 is 35.1 Å². The molecule has 3 aromatic rings. The number of benzene rings is 1. The van der Waals surface area contributed by atoms with Gasteiger partial charge in [0.25, 0.3) is 0 Å². The Balaban J connectivity index is 1.83. The van der Waals surface area contributed by atoms with Crippen LogP contribution in [-0.2, 0) is 24.3 Å². The number of para-hydroxylation sites is 2. The fraction of sp³-hybridized carbons (Fsp3) is 0.375. The summed E-state index contributed by atoms with van der Waals surface area (Å²) in [4.78, 5) is 17.0. The Morgan fingerprint density at radius 2 is 2.08 bits per heavy atom. The van der Waals surface area contributed by atoms with Gasteiger partial charge in [0.05, 0.1) is 11.0 Å². The topological polar surface area (TPSA) is 80.5 Å². The molecular weight excluding hydrogens is 324 g/mol. The molecule has 24 heavy (non-hydrogen) atoms. The van der Waals surface area contributed by atoms with Crippen LogP contribution in [0.1, 0.15) is 26.1 Å². The number of carbonyl (C=O) groups excluding carboxylic acids is 1. The number of aromatic amines is 1. The second-order valence-electron chi connectivity index (χ2n) is 5.50. The fourth-order valence-corrected chi connectivity index (χ4v) is 2.94. The van der Waals surface area contributed by atoms with E-state index in [-0.39, 0.29) is 12.5 Å². The van der Waals surface area contributed by atoms with Crippen molar-refractivity contribution in [3.8, 4) is 0 Å². The first-order valence-electron chi connectivity index (χ1n) is 8.03. The minimum atomic E-state index is -0.171. The van der Waals surface area contributed by atoms with E-state index in [4.69, 9.17) is 12.2 Å². The van der Waals surface area contributed by atoms with E-state index >= 15 is 0 Å². The first-order valence-corrected chi connectivity index (χ1v) is 8.44. The lowest BCUT2D eigenvalue weighted by Crippen LogP contribution is -2.22. The molecule has 0 aliphatic carbocycles. The number of aryl methyl sites for hydroxylation is 2. The van der Waals surface area contributed by atoms with Crippen molar-refractivity contribution in [3.63, 3.8) is 0 Å². The van der Waals surface area contributed by atoms with Gasteiger partial charge < -0.3 is 4.57 Å². The van der Waals surface area contributed by atoms with Crippen molar-refractivity contribution in [3.05, 3.63) is 34.9 Å². The fourth-order valence-electron chi connectivity index (χ4n) is 2.73. The van der Waals surface area contributed by atoms with Gasteiger partial charge in [0.15, 0.2) is 4.77 Å². The average molecular weight is 344 g/mol. The third kappa shape index (κ3) is 3.09. The van der Waals surface area contributed by atoms with Gasteiger partial charge in [0.2, 0.25) is 11.9 Å². The molecule has 126 valence electrons. The predicted octanol–water partition coefficient (Wildman–Crippen LogP) is 2.90. The van der Waals surface area contributed by atoms with Crippen LogP contribution in [0, 0.1) is 4.77 Å². The lowest BCUT2D eigenvalue weighted by molar-refractivity contribution is -0.116. The summed E-state index contributed by atoms with van der Waals surface area (Å²) in [6.07, 6.45) is 1.71. The molecule has 3 rings (SSSR count). The molecule has 0 atom stereocenters. The zero-order chi connectivity index (χ0) is 17.1. The second kappa shape index (κ2) is 6.96. The number of carbonyl (C=O) groups is 1. The van der Waals surface area contributed by atoms with E-state index in [0.29, 0.717) is 10.7 Å². The number of nitrogens with zero attached hydrogens (tertiary/aromatic N) is 4. The minimum Gasteiger partial charge on any atom is -0.310 e. The maximum atomic E-state index is 12.5. The molecule has 0 bridgehead atoms. The lowest BCUT2D eigenvalue weighted by Gasteiger charge is -2.09. The molecule has 0 aliphatic rings. The number of hydrogen-bond donors (Lipinski definition) is 2. The van der Waals surface area contributed by atoms with Crippen molar-refractivity contribution in [1.29, 1.82) is 0 Å². The highest BCUT2D eigenvalue weighted by Gasteiger charge is 2.14. The van der Waals surface area contributed by atoms with E-state index in [1.54, 1.807) is 4.57 Å². The number of anilines is 1. The van der Waals surface area contributed by atoms with Gasteiger partial charge in [0, 0.05) is 13.0 Å². The monoisotopic (exact) mass is 344 g/mol. The van der Waals surface area contributed by atoms with Crippen molar-refractivity contribution in [2.45, 2.75) is 39.8 Å². The Bertz CT molecular complexity index is 922. The van der Waals surface area contributed by atoms with Crippen LogP contribution in [0.15, 0.2) is 24.3 Å². The van der Waals surface area contributed by atoms with E-state index in [0.717, 1.165) is 36.2 Å². The summed E-state index contributed by atoms with van der Waals surface area (Å²) in [7, 11) is 0. The summed E-state index contributed by atoms with van der Waals surface area (Å²) in [6, 6.07) is 7.82. The Kier molecular flexibility index (Phi) is 4.75. The van der Waals surface area contributed by atoms with E-state index in [1.165, 1.54) is 0 Å². The third-order valence-corrected chi connectivity index (χ3v) is 4.15. The molecule has 2 N–H and O–H groups in total. The van der Waals surface area contributed by atoms with Gasteiger partial charge in [-0.1, -0.05) is 19.1 Å². The maximum Gasteiger partial charge on any atom is 0.246 e. The molecule has 1 aromatic carbocycles. The van der Waals surface area contributed by atoms with Crippen LogP contribution in [0.5, 0.6) is 0 Å². The van der Waals surface area contributed by atoms with Crippen molar-refractivity contribution in [2.24, 2.45) is 0 Å². The standard InChI is InChI=1S/C16H20N6OS/c1-3-7-13-19-20-16(24)22(13)10-14(23)18-15-17-11-8-5-6-9-12(11)21(15)4-2/h5-6,8-9H,3-4,7,10H2,1-2H3,(H,20,24)(H,17,18,23). The third-order valence-electron chi connectivity index (χ3n) is 3.83. The molecule has 0 fully saturated rings. The smallest absolute Gasteiger partial charge is 0.246 e. The summed E-state index contributed by atoms with van der Waals surface area (Å²) < 4.78 is 4.17. The number of amides is 1. The molecule has 2 aromatic heterocycles. The van der Waals surface area contributed by atoms with Gasteiger partial charge in [-0.2, -0.15) is 5.10 Å². The van der Waals surface area contributed by atoms with Crippen molar-refractivity contribution < 1.29 is 4.79 Å². The molecule has 0 unspecified atom stereocenters. The average Bonchev–Trinajstić information content (AvgIpc) is 3.09. The molecule has 0 aliphatic heterocycles. The second-order valence-corrected chi connectivity index (χ2v) is 5.88. The predicted molar refractivity (Wildman–Crippen MR) is 95.4 cm³/mol. The highest BCUT2D eigenvalue weighted by molar-refractivity contribution is 7.71. The number of hydrogen-bond acceptors (Lipinski definition) is 4. The molecule has 7 nitrogen and oxygen atoms in total. The Morgan fingerprint density at radius 1 is 1.29 bits per heavy atom. The van der Waals surface area contributed by atoms with Gasteiger partial charge in [-0.3, -0.25) is 19.8 Å². The van der Waals surface area contributed by atoms with Crippen LogP contribution in [0.25, 0.3) is 11.0 Å². The number of H-pyrrole nitrogens is 1. The Hall–Kier alpha value is -2.48. The van der Waals surface area contributed by atoms with Crippen LogP contribution in [-0.4, -0.2) is 30.2 Å². The summed E-state index contributed by atoms with van der Waals surface area (Å²) in [5, 5.41) is 9.82. The maximum absolute atomic E-state index is 12.5. The van der Waals surface area contributed by atoms with Crippen LogP contribution in [0.4, 0.5) is 5.95 Å². The van der Waals surface area contributed by atoms with Gasteiger partial charge in [-0.25, -0.2) is 4.98 Å². The summed E-state index contributed by atoms with van der Waals surface area (Å²) in [5.41, 5.74) is 1.86. The van der Waals surface area contributed by atoms with Gasteiger partial charge >= 0.3 is 0 Å². The zero-order valence-electron chi connectivity index (χ0n) is 13.7. The molecule has 8 heteroatoms. The van der Waals surface area contributed by atoms with E-state index in [2.05, 4.69) is 27.4 Å². The molecule has 0 saturated heterocycles. The first kappa shape index (κ1) is 16.4. The molecular formula is C16H20N6OS. The summed E-state index contributed by atoms with van der Waals surface area (Å²) in [5.74, 6) is 1.17. The lowest BCUT2D eigenvalue weighted by atomic mass is 10.3. The van der Waals surface area contributed by atoms with Crippen LogP contribution < -0.4 is 5.32 Å². The van der Waals surface area contributed by atoms with Crippen LogP contribution >= 0.6 is 12.2 Å². The van der Waals surface area contributed by atoms with E-state index < -0.39 is 0 Å². The van der Waals surface area contributed by atoms with Crippen molar-refractivity contribution in [2.75, 3.05) is 5.32 Å². The highest BCUT2D eigenvalue weighted by atomic mass is 32.1. The summed E-state index contributed by atoms with van der Waals surface area (Å²) in [6.45, 7) is 4.93. The Labute approximate surface area is 144 Å². The number of nitrogens with one attached hydrogen (secondary N) is 2. The number of rotatable bonds is 6. The molecule has 0 spiro atoms. The quantitative estimate of drug-likeness (QED) is 0.674. The number of aromatic nitrogens is 5. The SMILES string of the molecule is CCCc1n[nH]c(=S)n1CC(=O)Nc1nc2ccccc2n1CC. The minimum absolute atomic E-state index is 0.123. The van der Waals surface area contributed by atoms with Crippen LogP contribution in [0.3, 0.4) is 0 Å². The molecule has 2 heterocycles. The van der Waals surface area contributed by atoms with E-state index in [1.807, 2.05) is 35.8 Å².